The average Bonchev–Trinajstić information content (AvgIpc) is 3.35. The fraction of sp³-hybridized carbons (Fsp3) is 0.292. The van der Waals surface area contributed by atoms with Gasteiger partial charge >= 0.3 is 6.03 Å². The fourth-order valence-electron chi connectivity index (χ4n) is 3.66. The summed E-state index contributed by atoms with van der Waals surface area (Å²) in [6, 6.07) is 14.2. The number of rotatable bonds is 7. The van der Waals surface area contributed by atoms with Crippen molar-refractivity contribution in [3.8, 4) is 11.5 Å². The van der Waals surface area contributed by atoms with Gasteiger partial charge in [0.2, 0.25) is 5.95 Å². The third kappa shape index (κ3) is 5.82. The van der Waals surface area contributed by atoms with Crippen LogP contribution in [0.5, 0.6) is 11.5 Å². The van der Waals surface area contributed by atoms with Crippen LogP contribution >= 0.6 is 0 Å². The molecule has 0 saturated carbocycles. The SMILES string of the molecule is COc1cc(NC(=O)Nc2ccc(Nc3nc(C)cc(N4CCCC4)n3)cc2)cc(OC)c1. The maximum atomic E-state index is 12.4. The number of aromatic nitrogens is 2. The number of aryl methyl sites for hydroxylation is 1. The van der Waals surface area contributed by atoms with Crippen molar-refractivity contribution in [2.45, 2.75) is 19.8 Å². The molecule has 1 aromatic heterocycles. The Morgan fingerprint density at radius 3 is 2.09 bits per heavy atom. The van der Waals surface area contributed by atoms with E-state index in [0.29, 0.717) is 28.8 Å². The third-order valence-electron chi connectivity index (χ3n) is 5.28. The molecule has 0 unspecified atom stereocenters. The highest BCUT2D eigenvalue weighted by atomic mass is 16.5. The number of anilines is 5. The molecule has 2 aromatic carbocycles. The van der Waals surface area contributed by atoms with Crippen LogP contribution in [0.1, 0.15) is 18.5 Å². The summed E-state index contributed by atoms with van der Waals surface area (Å²) in [5.74, 6) is 2.69. The molecule has 9 heteroatoms. The lowest BCUT2D eigenvalue weighted by molar-refractivity contribution is 0.262. The van der Waals surface area contributed by atoms with E-state index in [1.165, 1.54) is 12.8 Å². The number of urea groups is 1. The van der Waals surface area contributed by atoms with E-state index in [0.717, 1.165) is 30.3 Å². The number of nitrogens with zero attached hydrogens (tertiary/aromatic N) is 3. The molecule has 172 valence electrons. The van der Waals surface area contributed by atoms with Crippen molar-refractivity contribution < 1.29 is 14.3 Å². The van der Waals surface area contributed by atoms with Crippen molar-refractivity contribution in [3.05, 3.63) is 54.2 Å². The van der Waals surface area contributed by atoms with Crippen LogP contribution in [0.25, 0.3) is 0 Å². The number of methoxy groups -OCH3 is 2. The minimum atomic E-state index is -0.372. The molecule has 2 amide bonds. The zero-order chi connectivity index (χ0) is 23.2. The van der Waals surface area contributed by atoms with Gasteiger partial charge in [0.1, 0.15) is 17.3 Å². The van der Waals surface area contributed by atoms with Crippen LogP contribution in [0.3, 0.4) is 0 Å². The van der Waals surface area contributed by atoms with E-state index in [9.17, 15) is 4.79 Å². The van der Waals surface area contributed by atoms with Crippen molar-refractivity contribution >= 4 is 34.9 Å². The summed E-state index contributed by atoms with van der Waals surface area (Å²) >= 11 is 0. The number of amides is 2. The molecule has 4 rings (SSSR count). The lowest BCUT2D eigenvalue weighted by Crippen LogP contribution is -2.20. The molecule has 1 saturated heterocycles. The Morgan fingerprint density at radius 2 is 1.45 bits per heavy atom. The summed E-state index contributed by atoms with van der Waals surface area (Å²) < 4.78 is 10.5. The molecule has 0 spiro atoms. The molecule has 0 aliphatic carbocycles. The van der Waals surface area contributed by atoms with Gasteiger partial charge in [0, 0.05) is 60.1 Å². The second kappa shape index (κ2) is 10.1. The first kappa shape index (κ1) is 22.2. The Morgan fingerprint density at radius 1 is 0.848 bits per heavy atom. The lowest BCUT2D eigenvalue weighted by Gasteiger charge is -2.17. The van der Waals surface area contributed by atoms with Gasteiger partial charge in [-0.05, 0) is 44.0 Å². The first-order chi connectivity index (χ1) is 16.0. The Bertz CT molecular complexity index is 1090. The van der Waals surface area contributed by atoms with Crippen LogP contribution in [0, 0.1) is 6.92 Å². The van der Waals surface area contributed by atoms with Gasteiger partial charge in [-0.1, -0.05) is 0 Å². The van der Waals surface area contributed by atoms with Crippen molar-refractivity contribution in [2.24, 2.45) is 0 Å². The van der Waals surface area contributed by atoms with Gasteiger partial charge in [-0.15, -0.1) is 0 Å². The van der Waals surface area contributed by atoms with Gasteiger partial charge in [-0.25, -0.2) is 9.78 Å². The van der Waals surface area contributed by atoms with Crippen LogP contribution in [0.15, 0.2) is 48.5 Å². The van der Waals surface area contributed by atoms with E-state index in [2.05, 4.69) is 30.8 Å². The highest BCUT2D eigenvalue weighted by Crippen LogP contribution is 2.26. The lowest BCUT2D eigenvalue weighted by atomic mass is 10.2. The summed E-state index contributed by atoms with van der Waals surface area (Å²) in [6.07, 6.45) is 2.39. The predicted molar refractivity (Wildman–Crippen MR) is 130 cm³/mol. The zero-order valence-corrected chi connectivity index (χ0v) is 19.0. The Labute approximate surface area is 193 Å². The quantitative estimate of drug-likeness (QED) is 0.478. The van der Waals surface area contributed by atoms with Crippen molar-refractivity contribution in [2.75, 3.05) is 48.2 Å². The monoisotopic (exact) mass is 448 g/mol. The molecule has 2 heterocycles. The van der Waals surface area contributed by atoms with Gasteiger partial charge in [0.15, 0.2) is 0 Å². The first-order valence-corrected chi connectivity index (χ1v) is 10.8. The number of carbonyl (C=O) groups is 1. The minimum absolute atomic E-state index is 0.372. The van der Waals surface area contributed by atoms with E-state index in [-0.39, 0.29) is 6.03 Å². The minimum Gasteiger partial charge on any atom is -0.497 e. The maximum Gasteiger partial charge on any atom is 0.323 e. The van der Waals surface area contributed by atoms with Gasteiger partial charge < -0.3 is 30.3 Å². The van der Waals surface area contributed by atoms with Gasteiger partial charge in [0.25, 0.3) is 0 Å². The molecular weight excluding hydrogens is 420 g/mol. The molecule has 0 bridgehead atoms. The van der Waals surface area contributed by atoms with Crippen molar-refractivity contribution in [3.63, 3.8) is 0 Å². The van der Waals surface area contributed by atoms with Crippen LogP contribution < -0.4 is 30.3 Å². The molecule has 1 fully saturated rings. The molecule has 0 radical (unpaired) electrons. The number of carbonyl (C=O) groups excluding carboxylic acids is 1. The van der Waals surface area contributed by atoms with Crippen molar-refractivity contribution in [1.29, 1.82) is 0 Å². The highest BCUT2D eigenvalue weighted by Gasteiger charge is 2.15. The summed E-state index contributed by atoms with van der Waals surface area (Å²) in [6.45, 7) is 4.03. The standard InChI is InChI=1S/C24H28N6O3/c1-16-12-22(30-10-4-5-11-30)29-23(25-16)26-17-6-8-18(9-7-17)27-24(31)28-19-13-20(32-2)15-21(14-19)33-3/h6-9,12-15H,4-5,10-11H2,1-3H3,(H,25,26,29)(H2,27,28,31). The molecule has 1 aliphatic heterocycles. The second-order valence-electron chi connectivity index (χ2n) is 7.77. The van der Waals surface area contributed by atoms with E-state index in [1.807, 2.05) is 37.3 Å². The molecule has 0 atom stereocenters. The van der Waals surface area contributed by atoms with Gasteiger partial charge in [0.05, 0.1) is 14.2 Å². The maximum absolute atomic E-state index is 12.4. The summed E-state index contributed by atoms with van der Waals surface area (Å²) in [4.78, 5) is 23.9. The Kier molecular flexibility index (Phi) is 6.77. The molecule has 3 N–H and O–H groups in total. The number of benzene rings is 2. The Hall–Kier alpha value is -4.01. The second-order valence-corrected chi connectivity index (χ2v) is 7.77. The zero-order valence-electron chi connectivity index (χ0n) is 19.0. The molecule has 1 aliphatic rings. The van der Waals surface area contributed by atoms with Gasteiger partial charge in [-0.3, -0.25) is 0 Å². The number of nitrogens with one attached hydrogen (secondary N) is 3. The third-order valence-corrected chi connectivity index (χ3v) is 5.28. The molecule has 33 heavy (non-hydrogen) atoms. The molecule has 3 aromatic rings. The summed E-state index contributed by atoms with van der Waals surface area (Å²) in [5.41, 5.74) is 2.96. The smallest absolute Gasteiger partial charge is 0.323 e. The summed E-state index contributed by atoms with van der Waals surface area (Å²) in [7, 11) is 3.12. The van der Waals surface area contributed by atoms with Crippen LogP contribution in [0.2, 0.25) is 0 Å². The number of ether oxygens (including phenoxy) is 2. The average molecular weight is 449 g/mol. The van der Waals surface area contributed by atoms with E-state index >= 15 is 0 Å². The van der Waals surface area contributed by atoms with Gasteiger partial charge in [-0.2, -0.15) is 4.98 Å². The first-order valence-electron chi connectivity index (χ1n) is 10.8. The predicted octanol–water partition coefficient (Wildman–Crippen LogP) is 4.79. The molecular formula is C24H28N6O3. The largest absolute Gasteiger partial charge is 0.497 e. The normalized spacial score (nSPS) is 12.9. The summed E-state index contributed by atoms with van der Waals surface area (Å²) in [5, 5.41) is 8.85. The van der Waals surface area contributed by atoms with E-state index in [1.54, 1.807) is 32.4 Å². The van der Waals surface area contributed by atoms with E-state index in [4.69, 9.17) is 9.47 Å². The Balaban J connectivity index is 1.38. The molecule has 9 nitrogen and oxygen atoms in total. The number of hydrogen-bond donors (Lipinski definition) is 3. The van der Waals surface area contributed by atoms with Crippen molar-refractivity contribution in [1.82, 2.24) is 9.97 Å². The van der Waals surface area contributed by atoms with Crippen LogP contribution in [0.4, 0.5) is 33.6 Å². The fourth-order valence-corrected chi connectivity index (χ4v) is 3.66. The van der Waals surface area contributed by atoms with Crippen LogP contribution in [-0.2, 0) is 0 Å². The topological polar surface area (TPSA) is 101 Å². The number of hydrogen-bond acceptors (Lipinski definition) is 7. The van der Waals surface area contributed by atoms with Crippen LogP contribution in [-0.4, -0.2) is 43.3 Å². The van der Waals surface area contributed by atoms with E-state index < -0.39 is 0 Å². The highest BCUT2D eigenvalue weighted by molar-refractivity contribution is 6.00.